The Morgan fingerprint density at radius 3 is 2.56 bits per heavy atom. The first-order chi connectivity index (χ1) is 8.66. The van der Waals surface area contributed by atoms with Gasteiger partial charge in [-0.3, -0.25) is 4.79 Å². The second-order valence-electron chi connectivity index (χ2n) is 5.27. The third kappa shape index (κ3) is 3.19. The van der Waals surface area contributed by atoms with Crippen LogP contribution in [0, 0.1) is 5.92 Å². The second kappa shape index (κ2) is 5.81. The molecule has 0 aliphatic rings. The minimum absolute atomic E-state index is 0.373. The minimum atomic E-state index is 0.373. The Bertz CT molecular complexity index is 535. The molecule has 0 aliphatic carbocycles. The van der Waals surface area contributed by atoms with Crippen LogP contribution in [0.25, 0.3) is 10.8 Å². The van der Waals surface area contributed by atoms with E-state index in [-0.39, 0.29) is 0 Å². The summed E-state index contributed by atoms with van der Waals surface area (Å²) in [5.41, 5.74) is 1.28. The molecule has 1 nitrogen and oxygen atoms in total. The van der Waals surface area contributed by atoms with E-state index in [2.05, 4.69) is 56.3 Å². The number of carbonyl (C=O) groups excluding carboxylic acids is 1. The van der Waals surface area contributed by atoms with Gasteiger partial charge in [0.15, 0.2) is 0 Å². The molecule has 0 N–H and O–H groups in total. The molecule has 1 heteroatoms. The standard InChI is InChI=1S/C17H20O/c1-13(2)12-16(18)11-10-15-8-5-7-14-6-3-4-9-17(14)15/h3-9,13H,10-12H2,1-2H3. The predicted octanol–water partition coefficient (Wildman–Crippen LogP) is 4.39. The first kappa shape index (κ1) is 12.8. The van der Waals surface area contributed by atoms with Crippen LogP contribution in [0.2, 0.25) is 0 Å². The van der Waals surface area contributed by atoms with Crippen molar-refractivity contribution in [1.82, 2.24) is 0 Å². The van der Waals surface area contributed by atoms with Crippen molar-refractivity contribution in [3.05, 3.63) is 48.0 Å². The Kier molecular flexibility index (Phi) is 4.14. The summed E-state index contributed by atoms with van der Waals surface area (Å²) in [6, 6.07) is 14.7. The Hall–Kier alpha value is -1.63. The molecule has 2 rings (SSSR count). The van der Waals surface area contributed by atoms with Gasteiger partial charge in [0.05, 0.1) is 0 Å². The summed E-state index contributed by atoms with van der Waals surface area (Å²) < 4.78 is 0. The Balaban J connectivity index is 2.10. The maximum absolute atomic E-state index is 11.8. The maximum Gasteiger partial charge on any atom is 0.133 e. The maximum atomic E-state index is 11.8. The number of rotatable bonds is 5. The van der Waals surface area contributed by atoms with E-state index in [0.29, 0.717) is 24.5 Å². The summed E-state index contributed by atoms with van der Waals surface area (Å²) in [6.45, 7) is 4.19. The fourth-order valence-corrected chi connectivity index (χ4v) is 2.34. The normalized spacial score (nSPS) is 11.1. The van der Waals surface area contributed by atoms with Gasteiger partial charge in [0.1, 0.15) is 5.78 Å². The van der Waals surface area contributed by atoms with Gasteiger partial charge < -0.3 is 0 Å². The van der Waals surface area contributed by atoms with Crippen molar-refractivity contribution in [2.75, 3.05) is 0 Å². The SMILES string of the molecule is CC(C)CC(=O)CCc1cccc2ccccc12. The monoisotopic (exact) mass is 240 g/mol. The van der Waals surface area contributed by atoms with Gasteiger partial charge in [0.25, 0.3) is 0 Å². The summed E-state index contributed by atoms with van der Waals surface area (Å²) in [6.07, 6.45) is 2.21. The van der Waals surface area contributed by atoms with Crippen LogP contribution in [0.5, 0.6) is 0 Å². The average molecular weight is 240 g/mol. The minimum Gasteiger partial charge on any atom is -0.300 e. The van der Waals surface area contributed by atoms with Gasteiger partial charge in [0, 0.05) is 12.8 Å². The number of fused-ring (bicyclic) bond motifs is 1. The van der Waals surface area contributed by atoms with Crippen LogP contribution in [-0.2, 0) is 11.2 Å². The summed E-state index contributed by atoms with van der Waals surface area (Å²) >= 11 is 0. The first-order valence-electron chi connectivity index (χ1n) is 6.65. The third-order valence-electron chi connectivity index (χ3n) is 3.19. The lowest BCUT2D eigenvalue weighted by molar-refractivity contribution is -0.119. The van der Waals surface area contributed by atoms with Crippen molar-refractivity contribution >= 4 is 16.6 Å². The highest BCUT2D eigenvalue weighted by atomic mass is 16.1. The van der Waals surface area contributed by atoms with Crippen LogP contribution in [0.1, 0.15) is 32.3 Å². The lowest BCUT2D eigenvalue weighted by atomic mass is 9.97. The van der Waals surface area contributed by atoms with Crippen LogP contribution in [0.15, 0.2) is 42.5 Å². The molecule has 2 aromatic carbocycles. The molecule has 2 aromatic rings. The number of benzene rings is 2. The van der Waals surface area contributed by atoms with Gasteiger partial charge >= 0.3 is 0 Å². The summed E-state index contributed by atoms with van der Waals surface area (Å²) in [5, 5.41) is 2.53. The van der Waals surface area contributed by atoms with Crippen molar-refractivity contribution in [3.63, 3.8) is 0 Å². The molecule has 0 aromatic heterocycles. The number of ketones is 1. The van der Waals surface area contributed by atoms with Gasteiger partial charge in [-0.05, 0) is 28.7 Å². The molecule has 0 aliphatic heterocycles. The Labute approximate surface area is 109 Å². The van der Waals surface area contributed by atoms with Gasteiger partial charge in [0.2, 0.25) is 0 Å². The molecule has 0 saturated heterocycles. The first-order valence-corrected chi connectivity index (χ1v) is 6.65. The van der Waals surface area contributed by atoms with Crippen LogP contribution < -0.4 is 0 Å². The molecule has 0 unspecified atom stereocenters. The van der Waals surface area contributed by atoms with Crippen LogP contribution in [0.4, 0.5) is 0 Å². The summed E-state index contributed by atoms with van der Waals surface area (Å²) in [4.78, 5) is 11.8. The van der Waals surface area contributed by atoms with E-state index >= 15 is 0 Å². The van der Waals surface area contributed by atoms with E-state index in [1.165, 1.54) is 16.3 Å². The lowest BCUT2D eigenvalue weighted by Gasteiger charge is -2.07. The average Bonchev–Trinajstić information content (AvgIpc) is 2.35. The van der Waals surface area contributed by atoms with Crippen LogP contribution >= 0.6 is 0 Å². The molecule has 0 bridgehead atoms. The van der Waals surface area contributed by atoms with Crippen LogP contribution in [-0.4, -0.2) is 5.78 Å². The highest BCUT2D eigenvalue weighted by molar-refractivity contribution is 5.86. The molecular formula is C17H20O. The molecule has 0 radical (unpaired) electrons. The number of hydrogen-bond acceptors (Lipinski definition) is 1. The predicted molar refractivity (Wildman–Crippen MR) is 76.7 cm³/mol. The number of Topliss-reactive ketones (excluding diaryl/α,β-unsaturated/α-hetero) is 1. The van der Waals surface area contributed by atoms with Gasteiger partial charge in [-0.15, -0.1) is 0 Å². The van der Waals surface area contributed by atoms with Gasteiger partial charge in [-0.1, -0.05) is 56.3 Å². The fourth-order valence-electron chi connectivity index (χ4n) is 2.34. The largest absolute Gasteiger partial charge is 0.300 e. The molecule has 0 saturated carbocycles. The lowest BCUT2D eigenvalue weighted by Crippen LogP contribution is -2.04. The van der Waals surface area contributed by atoms with E-state index < -0.39 is 0 Å². The van der Waals surface area contributed by atoms with E-state index in [0.717, 1.165) is 6.42 Å². The zero-order valence-corrected chi connectivity index (χ0v) is 11.1. The van der Waals surface area contributed by atoms with Crippen molar-refractivity contribution in [1.29, 1.82) is 0 Å². The van der Waals surface area contributed by atoms with Crippen molar-refractivity contribution < 1.29 is 4.79 Å². The van der Waals surface area contributed by atoms with E-state index in [4.69, 9.17) is 0 Å². The second-order valence-corrected chi connectivity index (χ2v) is 5.27. The zero-order valence-electron chi connectivity index (χ0n) is 11.1. The van der Waals surface area contributed by atoms with E-state index in [9.17, 15) is 4.79 Å². The van der Waals surface area contributed by atoms with Crippen molar-refractivity contribution in [2.45, 2.75) is 33.1 Å². The van der Waals surface area contributed by atoms with Crippen LogP contribution in [0.3, 0.4) is 0 Å². The van der Waals surface area contributed by atoms with Gasteiger partial charge in [-0.2, -0.15) is 0 Å². The van der Waals surface area contributed by atoms with Crippen molar-refractivity contribution in [2.24, 2.45) is 5.92 Å². The van der Waals surface area contributed by atoms with Gasteiger partial charge in [-0.25, -0.2) is 0 Å². The number of aryl methyl sites for hydroxylation is 1. The zero-order chi connectivity index (χ0) is 13.0. The molecule has 94 valence electrons. The summed E-state index contributed by atoms with van der Waals surface area (Å²) in [5.74, 6) is 0.836. The number of hydrogen-bond donors (Lipinski definition) is 0. The molecule has 0 fully saturated rings. The highest BCUT2D eigenvalue weighted by Crippen LogP contribution is 2.20. The quantitative estimate of drug-likeness (QED) is 0.757. The highest BCUT2D eigenvalue weighted by Gasteiger charge is 2.07. The molecule has 0 amide bonds. The number of carbonyl (C=O) groups is 1. The smallest absolute Gasteiger partial charge is 0.133 e. The molecule has 0 spiro atoms. The molecular weight excluding hydrogens is 220 g/mol. The Morgan fingerprint density at radius 2 is 1.78 bits per heavy atom. The topological polar surface area (TPSA) is 17.1 Å². The molecule has 0 atom stereocenters. The van der Waals surface area contributed by atoms with E-state index in [1.54, 1.807) is 0 Å². The summed E-state index contributed by atoms with van der Waals surface area (Å²) in [7, 11) is 0. The van der Waals surface area contributed by atoms with Crippen molar-refractivity contribution in [3.8, 4) is 0 Å². The molecule has 18 heavy (non-hydrogen) atoms. The Morgan fingerprint density at radius 1 is 1.06 bits per heavy atom. The van der Waals surface area contributed by atoms with E-state index in [1.807, 2.05) is 0 Å². The third-order valence-corrected chi connectivity index (χ3v) is 3.19. The fraction of sp³-hybridized carbons (Fsp3) is 0.353. The molecule has 0 heterocycles.